The van der Waals surface area contributed by atoms with Gasteiger partial charge in [-0.2, -0.15) is 0 Å². The van der Waals surface area contributed by atoms with Crippen LogP contribution in [0.3, 0.4) is 0 Å². The maximum Gasteiger partial charge on any atom is 0.326 e. The van der Waals surface area contributed by atoms with Crippen molar-refractivity contribution in [2.75, 3.05) is 5.32 Å². The summed E-state index contributed by atoms with van der Waals surface area (Å²) in [7, 11) is 0. The lowest BCUT2D eigenvalue weighted by Gasteiger charge is -2.21. The van der Waals surface area contributed by atoms with Gasteiger partial charge in [-0.05, 0) is 32.3 Å². The van der Waals surface area contributed by atoms with E-state index in [0.717, 1.165) is 22.2 Å². The average Bonchev–Trinajstić information content (AvgIpc) is 2.69. The number of nitrogens with zero attached hydrogens (tertiary/aromatic N) is 2. The molecule has 0 aliphatic rings. The number of hydrogen-bond acceptors (Lipinski definition) is 5. The summed E-state index contributed by atoms with van der Waals surface area (Å²) in [5.74, 6) is 0.456. The molecular weight excluding hydrogens is 286 g/mol. The smallest absolute Gasteiger partial charge is 0.326 e. The molecule has 21 heavy (non-hydrogen) atoms. The van der Waals surface area contributed by atoms with Crippen LogP contribution in [-0.4, -0.2) is 27.1 Å². The number of aliphatic carboxylic acids is 1. The van der Waals surface area contributed by atoms with Gasteiger partial charge in [0.15, 0.2) is 0 Å². The fourth-order valence-corrected chi connectivity index (χ4v) is 3.37. The normalized spacial score (nSPS) is 14.1. The molecular formula is C15H21N3O2S. The Labute approximate surface area is 128 Å². The van der Waals surface area contributed by atoms with E-state index in [1.54, 1.807) is 11.3 Å². The molecule has 0 saturated heterocycles. The van der Waals surface area contributed by atoms with Gasteiger partial charge in [0.1, 0.15) is 22.5 Å². The maximum atomic E-state index is 11.5. The lowest BCUT2D eigenvalue weighted by molar-refractivity contribution is -0.139. The number of aryl methyl sites for hydroxylation is 3. The van der Waals surface area contributed by atoms with E-state index < -0.39 is 12.0 Å². The van der Waals surface area contributed by atoms with E-state index in [4.69, 9.17) is 0 Å². The summed E-state index contributed by atoms with van der Waals surface area (Å²) in [6.07, 6.45) is 0.790. The van der Waals surface area contributed by atoms with Gasteiger partial charge in [0.2, 0.25) is 0 Å². The van der Waals surface area contributed by atoms with E-state index in [-0.39, 0.29) is 5.92 Å². The number of thiophene rings is 1. The number of hydrogen-bond donors (Lipinski definition) is 2. The lowest BCUT2D eigenvalue weighted by Crippen LogP contribution is -2.35. The van der Waals surface area contributed by atoms with Gasteiger partial charge >= 0.3 is 5.97 Å². The number of nitrogens with one attached hydrogen (secondary N) is 1. The molecule has 2 heterocycles. The van der Waals surface area contributed by atoms with Crippen LogP contribution in [0.4, 0.5) is 5.82 Å². The van der Waals surface area contributed by atoms with Crippen molar-refractivity contribution in [3.05, 3.63) is 16.3 Å². The summed E-state index contributed by atoms with van der Waals surface area (Å²) in [6, 6.07) is -0.646. The summed E-state index contributed by atoms with van der Waals surface area (Å²) in [4.78, 5) is 22.5. The lowest BCUT2D eigenvalue weighted by atomic mass is 9.99. The summed E-state index contributed by atoms with van der Waals surface area (Å²) in [5, 5.41) is 13.5. The quantitative estimate of drug-likeness (QED) is 0.884. The number of rotatable bonds is 5. The molecule has 0 aliphatic heterocycles. The van der Waals surface area contributed by atoms with Gasteiger partial charge in [-0.3, -0.25) is 0 Å². The number of carboxylic acid groups (broad SMARTS) is 1. The van der Waals surface area contributed by atoms with Gasteiger partial charge in [-0.25, -0.2) is 14.8 Å². The van der Waals surface area contributed by atoms with Crippen molar-refractivity contribution < 1.29 is 9.90 Å². The van der Waals surface area contributed by atoms with Gasteiger partial charge in [0.25, 0.3) is 0 Å². The van der Waals surface area contributed by atoms with Crippen molar-refractivity contribution in [1.29, 1.82) is 0 Å². The Hall–Kier alpha value is -1.69. The number of carboxylic acids is 1. The predicted molar refractivity (Wildman–Crippen MR) is 86.1 cm³/mol. The highest BCUT2D eigenvalue weighted by atomic mass is 32.1. The molecule has 0 bridgehead atoms. The highest BCUT2D eigenvalue weighted by Crippen LogP contribution is 2.33. The summed E-state index contributed by atoms with van der Waals surface area (Å²) < 4.78 is 0. The molecule has 0 spiro atoms. The molecule has 0 aliphatic carbocycles. The summed E-state index contributed by atoms with van der Waals surface area (Å²) in [5.41, 5.74) is 1.12. The topological polar surface area (TPSA) is 75.1 Å². The van der Waals surface area contributed by atoms with E-state index >= 15 is 0 Å². The van der Waals surface area contributed by atoms with Gasteiger partial charge in [0, 0.05) is 4.88 Å². The Balaban J connectivity index is 2.52. The summed E-state index contributed by atoms with van der Waals surface area (Å²) in [6.45, 7) is 9.82. The molecule has 0 saturated carbocycles. The van der Waals surface area contributed by atoms with E-state index in [1.165, 1.54) is 4.88 Å². The molecule has 0 aromatic carbocycles. The molecule has 2 rings (SSSR count). The van der Waals surface area contributed by atoms with Crippen LogP contribution in [0.1, 0.15) is 36.5 Å². The molecule has 2 unspecified atom stereocenters. The van der Waals surface area contributed by atoms with Crippen molar-refractivity contribution in [3.63, 3.8) is 0 Å². The second-order valence-corrected chi connectivity index (χ2v) is 6.63. The average molecular weight is 307 g/mol. The maximum absolute atomic E-state index is 11.5. The van der Waals surface area contributed by atoms with E-state index in [1.807, 2.05) is 34.6 Å². The minimum atomic E-state index is -0.849. The molecule has 2 aromatic heterocycles. The third-order valence-corrected chi connectivity index (χ3v) is 5.01. The molecule has 114 valence electrons. The highest BCUT2D eigenvalue weighted by molar-refractivity contribution is 7.18. The van der Waals surface area contributed by atoms with Gasteiger partial charge in [0.05, 0.1) is 5.39 Å². The number of carbonyl (C=O) groups is 1. The van der Waals surface area contributed by atoms with Gasteiger partial charge < -0.3 is 10.4 Å². The second-order valence-electron chi connectivity index (χ2n) is 5.43. The first-order valence-corrected chi connectivity index (χ1v) is 7.90. The van der Waals surface area contributed by atoms with Crippen LogP contribution in [0.15, 0.2) is 0 Å². The first-order valence-electron chi connectivity index (χ1n) is 7.08. The summed E-state index contributed by atoms with van der Waals surface area (Å²) >= 11 is 1.62. The van der Waals surface area contributed by atoms with Crippen molar-refractivity contribution >= 4 is 33.3 Å². The Kier molecular flexibility index (Phi) is 4.46. The fraction of sp³-hybridized carbons (Fsp3) is 0.533. The highest BCUT2D eigenvalue weighted by Gasteiger charge is 2.25. The molecule has 2 aromatic rings. The standard InChI is InChI=1S/C15H21N3O2S/c1-6-7(2)12(15(19)20)18-13-11-8(3)9(4)21-14(11)17-10(5)16-13/h7,12H,6H2,1-5H3,(H,19,20)(H,16,17,18). The molecule has 0 radical (unpaired) electrons. The van der Waals surface area contributed by atoms with Crippen molar-refractivity contribution in [1.82, 2.24) is 9.97 Å². The first-order chi connectivity index (χ1) is 9.85. The fourth-order valence-electron chi connectivity index (χ4n) is 2.29. The molecule has 6 heteroatoms. The van der Waals surface area contributed by atoms with E-state index in [2.05, 4.69) is 15.3 Å². The Bertz CT molecular complexity index is 681. The zero-order valence-corrected chi connectivity index (χ0v) is 13.8. The van der Waals surface area contributed by atoms with Crippen molar-refractivity contribution in [3.8, 4) is 0 Å². The van der Waals surface area contributed by atoms with Crippen LogP contribution in [0.25, 0.3) is 10.2 Å². The third-order valence-electron chi connectivity index (χ3n) is 3.91. The van der Waals surface area contributed by atoms with Crippen molar-refractivity contribution in [2.24, 2.45) is 5.92 Å². The van der Waals surface area contributed by atoms with Crippen LogP contribution in [0.2, 0.25) is 0 Å². The number of aromatic nitrogens is 2. The van der Waals surface area contributed by atoms with Gasteiger partial charge in [-0.15, -0.1) is 11.3 Å². The van der Waals surface area contributed by atoms with E-state index in [9.17, 15) is 9.90 Å². The Morgan fingerprint density at radius 3 is 2.57 bits per heavy atom. The van der Waals surface area contributed by atoms with Gasteiger partial charge in [-0.1, -0.05) is 20.3 Å². The van der Waals surface area contributed by atoms with Crippen LogP contribution in [0.5, 0.6) is 0 Å². The number of anilines is 1. The largest absolute Gasteiger partial charge is 0.480 e. The first kappa shape index (κ1) is 15.7. The monoisotopic (exact) mass is 307 g/mol. The van der Waals surface area contributed by atoms with Crippen molar-refractivity contribution in [2.45, 2.75) is 47.1 Å². The molecule has 2 N–H and O–H groups in total. The molecule has 0 amide bonds. The Morgan fingerprint density at radius 2 is 2.00 bits per heavy atom. The van der Waals surface area contributed by atoms with Crippen LogP contribution >= 0.6 is 11.3 Å². The molecule has 2 atom stereocenters. The van der Waals surface area contributed by atoms with E-state index in [0.29, 0.717) is 11.6 Å². The van der Waals surface area contributed by atoms with Crippen LogP contribution in [-0.2, 0) is 4.79 Å². The zero-order valence-electron chi connectivity index (χ0n) is 13.0. The zero-order chi connectivity index (χ0) is 15.7. The van der Waals surface area contributed by atoms with Crippen LogP contribution < -0.4 is 5.32 Å². The minimum Gasteiger partial charge on any atom is -0.480 e. The Morgan fingerprint density at radius 1 is 1.33 bits per heavy atom. The van der Waals surface area contributed by atoms with Crippen LogP contribution in [0, 0.1) is 26.7 Å². The predicted octanol–water partition coefficient (Wildman–Crippen LogP) is 3.53. The second kappa shape index (κ2) is 5.97. The third kappa shape index (κ3) is 3.00. The SMILES string of the molecule is CCC(C)C(Nc1nc(C)nc2sc(C)c(C)c12)C(=O)O. The minimum absolute atomic E-state index is 0.0212. The molecule has 0 fully saturated rings. The molecule has 5 nitrogen and oxygen atoms in total. The number of fused-ring (bicyclic) bond motifs is 1.